The number of rotatable bonds is 5. The van der Waals surface area contributed by atoms with Crippen molar-refractivity contribution in [3.05, 3.63) is 77.0 Å². The summed E-state index contributed by atoms with van der Waals surface area (Å²) < 4.78 is 10.5. The van der Waals surface area contributed by atoms with Gasteiger partial charge < -0.3 is 9.47 Å². The maximum Gasteiger partial charge on any atom is 0.331 e. The smallest absolute Gasteiger partial charge is 0.331 e. The molecule has 2 aromatic carbocycles. The second-order valence-corrected chi connectivity index (χ2v) is 5.67. The average Bonchev–Trinajstić information content (AvgIpc) is 2.64. The zero-order valence-corrected chi connectivity index (χ0v) is 14.4. The average molecular weight is 354 g/mol. The normalized spacial score (nSPS) is 11.0. The monoisotopic (exact) mass is 353 g/mol. The fourth-order valence-electron chi connectivity index (χ4n) is 2.40. The van der Waals surface area contributed by atoms with Crippen molar-refractivity contribution in [1.29, 1.82) is 0 Å². The molecule has 5 heteroatoms. The molecule has 0 radical (unpaired) electrons. The van der Waals surface area contributed by atoms with E-state index in [1.165, 1.54) is 6.08 Å². The molecule has 3 aromatic rings. The van der Waals surface area contributed by atoms with Crippen LogP contribution in [-0.4, -0.2) is 18.1 Å². The van der Waals surface area contributed by atoms with Crippen molar-refractivity contribution in [2.24, 2.45) is 0 Å². The molecule has 1 heterocycles. The zero-order valence-electron chi connectivity index (χ0n) is 13.6. The Morgan fingerprint density at radius 3 is 2.76 bits per heavy atom. The van der Waals surface area contributed by atoms with Crippen molar-refractivity contribution >= 4 is 34.5 Å². The summed E-state index contributed by atoms with van der Waals surface area (Å²) in [6.07, 6.45) is 3.02. The van der Waals surface area contributed by atoms with Crippen LogP contribution < -0.4 is 4.74 Å². The molecule has 25 heavy (non-hydrogen) atoms. The Morgan fingerprint density at radius 2 is 1.92 bits per heavy atom. The highest BCUT2D eigenvalue weighted by molar-refractivity contribution is 6.30. The van der Waals surface area contributed by atoms with E-state index in [4.69, 9.17) is 21.1 Å². The molecule has 0 bridgehead atoms. The highest BCUT2D eigenvalue weighted by Crippen LogP contribution is 2.21. The molecular weight excluding hydrogens is 338 g/mol. The van der Waals surface area contributed by atoms with E-state index in [1.807, 2.05) is 54.6 Å². The fourth-order valence-corrected chi connectivity index (χ4v) is 2.60. The number of benzene rings is 2. The van der Waals surface area contributed by atoms with Gasteiger partial charge in [-0.1, -0.05) is 48.0 Å². The molecule has 0 aliphatic carbocycles. The number of methoxy groups -OCH3 is 1. The summed E-state index contributed by atoms with van der Waals surface area (Å²) in [6.45, 7) is 0.0613. The number of ether oxygens (including phenoxy) is 2. The predicted octanol–water partition coefficient (Wildman–Crippen LogP) is 4.65. The minimum Gasteiger partial charge on any atom is -0.496 e. The van der Waals surface area contributed by atoms with Gasteiger partial charge in [0, 0.05) is 22.6 Å². The van der Waals surface area contributed by atoms with E-state index in [2.05, 4.69) is 4.98 Å². The standard InChI is InChI=1S/C20H16ClNO3/c1-24-18-9-5-3-6-14(18)10-11-19(23)25-13-16-12-15-7-2-4-8-17(15)22-20(16)21/h2-12H,13H2,1H3/b11-10+. The fraction of sp³-hybridized carbons (Fsp3) is 0.100. The van der Waals surface area contributed by atoms with Crippen LogP contribution in [0, 0.1) is 0 Å². The van der Waals surface area contributed by atoms with Gasteiger partial charge in [-0.05, 0) is 24.3 Å². The number of nitrogens with zero attached hydrogens (tertiary/aromatic N) is 1. The van der Waals surface area contributed by atoms with Crippen molar-refractivity contribution in [3.63, 3.8) is 0 Å². The Hall–Kier alpha value is -2.85. The SMILES string of the molecule is COc1ccccc1/C=C/C(=O)OCc1cc2ccccc2nc1Cl. The van der Waals surface area contributed by atoms with Crippen LogP contribution in [0.4, 0.5) is 0 Å². The molecule has 3 rings (SSSR count). The molecular formula is C20H16ClNO3. The molecule has 0 aliphatic rings. The molecule has 0 unspecified atom stereocenters. The number of aromatic nitrogens is 1. The Bertz CT molecular complexity index is 937. The highest BCUT2D eigenvalue weighted by Gasteiger charge is 2.07. The molecule has 0 N–H and O–H groups in total. The third-order valence-corrected chi connectivity index (χ3v) is 3.99. The molecule has 0 amide bonds. The largest absolute Gasteiger partial charge is 0.496 e. The quantitative estimate of drug-likeness (QED) is 0.380. The van der Waals surface area contributed by atoms with Gasteiger partial charge >= 0.3 is 5.97 Å². The maximum atomic E-state index is 12.0. The summed E-state index contributed by atoms with van der Waals surface area (Å²) in [7, 11) is 1.58. The summed E-state index contributed by atoms with van der Waals surface area (Å²) in [6, 6.07) is 16.9. The number of para-hydroxylation sites is 2. The van der Waals surface area contributed by atoms with E-state index in [0.29, 0.717) is 16.5 Å². The van der Waals surface area contributed by atoms with E-state index < -0.39 is 5.97 Å². The van der Waals surface area contributed by atoms with E-state index in [9.17, 15) is 4.79 Å². The van der Waals surface area contributed by atoms with Crippen LogP contribution in [0.3, 0.4) is 0 Å². The van der Waals surface area contributed by atoms with Crippen molar-refractivity contribution in [2.45, 2.75) is 6.61 Å². The van der Waals surface area contributed by atoms with Crippen molar-refractivity contribution < 1.29 is 14.3 Å². The molecule has 0 spiro atoms. The van der Waals surface area contributed by atoms with Gasteiger partial charge in [-0.15, -0.1) is 0 Å². The Balaban J connectivity index is 1.68. The van der Waals surface area contributed by atoms with Crippen LogP contribution in [0.5, 0.6) is 5.75 Å². The first kappa shape index (κ1) is 17.0. The van der Waals surface area contributed by atoms with Gasteiger partial charge in [0.2, 0.25) is 0 Å². The number of esters is 1. The van der Waals surface area contributed by atoms with Gasteiger partial charge in [0.15, 0.2) is 0 Å². The first-order valence-corrected chi connectivity index (χ1v) is 8.07. The van der Waals surface area contributed by atoms with Gasteiger partial charge in [0.05, 0.1) is 12.6 Å². The molecule has 4 nitrogen and oxygen atoms in total. The number of carbonyl (C=O) groups excluding carboxylic acids is 1. The highest BCUT2D eigenvalue weighted by atomic mass is 35.5. The van der Waals surface area contributed by atoms with E-state index in [-0.39, 0.29) is 6.61 Å². The molecule has 0 aliphatic heterocycles. The molecule has 126 valence electrons. The zero-order chi connectivity index (χ0) is 17.6. The molecule has 0 saturated carbocycles. The van der Waals surface area contributed by atoms with Gasteiger partial charge in [-0.3, -0.25) is 0 Å². The van der Waals surface area contributed by atoms with Crippen LogP contribution >= 0.6 is 11.6 Å². The van der Waals surface area contributed by atoms with Crippen molar-refractivity contribution in [2.75, 3.05) is 7.11 Å². The molecule has 0 atom stereocenters. The first-order valence-electron chi connectivity index (χ1n) is 7.69. The lowest BCUT2D eigenvalue weighted by atomic mass is 10.2. The van der Waals surface area contributed by atoms with Crippen LogP contribution in [0.25, 0.3) is 17.0 Å². The number of pyridine rings is 1. The van der Waals surface area contributed by atoms with E-state index >= 15 is 0 Å². The lowest BCUT2D eigenvalue weighted by Crippen LogP contribution is -2.02. The van der Waals surface area contributed by atoms with Crippen LogP contribution in [-0.2, 0) is 16.1 Å². The van der Waals surface area contributed by atoms with Gasteiger partial charge in [0.1, 0.15) is 17.5 Å². The number of fused-ring (bicyclic) bond motifs is 1. The predicted molar refractivity (Wildman–Crippen MR) is 98.6 cm³/mol. The second kappa shape index (κ2) is 7.81. The van der Waals surface area contributed by atoms with Crippen LogP contribution in [0.1, 0.15) is 11.1 Å². The Labute approximate surface area is 150 Å². The molecule has 1 aromatic heterocycles. The molecule has 0 saturated heterocycles. The van der Waals surface area contributed by atoms with Crippen molar-refractivity contribution in [1.82, 2.24) is 4.98 Å². The topological polar surface area (TPSA) is 48.4 Å². The third-order valence-electron chi connectivity index (χ3n) is 3.66. The van der Waals surface area contributed by atoms with Crippen LogP contribution in [0.2, 0.25) is 5.15 Å². The minimum absolute atomic E-state index is 0.0613. The lowest BCUT2D eigenvalue weighted by molar-refractivity contribution is -0.138. The number of carbonyl (C=O) groups is 1. The van der Waals surface area contributed by atoms with Gasteiger partial charge in [-0.25, -0.2) is 9.78 Å². The summed E-state index contributed by atoms with van der Waals surface area (Å²) in [5, 5.41) is 1.28. The summed E-state index contributed by atoms with van der Waals surface area (Å²) in [4.78, 5) is 16.3. The van der Waals surface area contributed by atoms with Gasteiger partial charge in [0.25, 0.3) is 0 Å². The van der Waals surface area contributed by atoms with E-state index in [0.717, 1.165) is 16.5 Å². The van der Waals surface area contributed by atoms with Gasteiger partial charge in [-0.2, -0.15) is 0 Å². The summed E-state index contributed by atoms with van der Waals surface area (Å²) in [5.41, 5.74) is 2.27. The number of hydrogen-bond acceptors (Lipinski definition) is 4. The van der Waals surface area contributed by atoms with Crippen molar-refractivity contribution in [3.8, 4) is 5.75 Å². The Kier molecular flexibility index (Phi) is 5.31. The summed E-state index contributed by atoms with van der Waals surface area (Å²) >= 11 is 6.16. The Morgan fingerprint density at radius 1 is 1.16 bits per heavy atom. The maximum absolute atomic E-state index is 12.0. The summed E-state index contributed by atoms with van der Waals surface area (Å²) in [5.74, 6) is 0.225. The number of halogens is 1. The first-order chi connectivity index (χ1) is 12.2. The number of hydrogen-bond donors (Lipinski definition) is 0. The van der Waals surface area contributed by atoms with E-state index in [1.54, 1.807) is 13.2 Å². The minimum atomic E-state index is -0.463. The second-order valence-electron chi connectivity index (χ2n) is 5.31. The third kappa shape index (κ3) is 4.17. The van der Waals surface area contributed by atoms with Crippen LogP contribution in [0.15, 0.2) is 60.7 Å². The molecule has 0 fully saturated rings. The lowest BCUT2D eigenvalue weighted by Gasteiger charge is -2.06.